The lowest BCUT2D eigenvalue weighted by molar-refractivity contribution is -0.141. The standard InChI is InChI=1S/C38H48FN5O10S/c1-22-16-31(52-23(22)2)55(50,51)42-34(47)38-18-25(38)13-9-7-6-8-10-15-29(40-35(48)54-37(3,4)5)33(46)44-20-26(17-30(44)32(45)41-38)53-36(49)43-19-24-12-11-14-28(39)27(24)21-43/h9,11-14,16,25-26,29-30H,6-8,10,15,17-21H2,1-5H3,(H,40,48)(H,41,45)(H,42,47)/b13-9-/t25-,26+,29-,30-,38+/m0/s1. The van der Waals surface area contributed by atoms with E-state index in [1.54, 1.807) is 52.8 Å². The second kappa shape index (κ2) is 15.3. The van der Waals surface area contributed by atoms with Gasteiger partial charge in [0.25, 0.3) is 15.9 Å². The zero-order chi connectivity index (χ0) is 39.9. The number of nitrogens with one attached hydrogen (secondary N) is 3. The molecule has 4 aliphatic rings. The number of carbonyl (C=O) groups excluding carboxylic acids is 5. The van der Waals surface area contributed by atoms with E-state index in [1.165, 1.54) is 21.9 Å². The molecule has 55 heavy (non-hydrogen) atoms. The van der Waals surface area contributed by atoms with Crippen molar-refractivity contribution in [3.05, 3.63) is 64.7 Å². The molecule has 298 valence electrons. The van der Waals surface area contributed by atoms with E-state index < -0.39 is 86.1 Å². The first kappa shape index (κ1) is 39.8. The molecule has 6 rings (SSSR count). The highest BCUT2D eigenvalue weighted by atomic mass is 32.2. The van der Waals surface area contributed by atoms with Gasteiger partial charge in [-0.15, -0.1) is 0 Å². The van der Waals surface area contributed by atoms with Crippen LogP contribution >= 0.6 is 0 Å². The summed E-state index contributed by atoms with van der Waals surface area (Å²) in [5, 5.41) is 4.97. The first-order valence-corrected chi connectivity index (χ1v) is 20.0. The van der Waals surface area contributed by atoms with Crippen LogP contribution in [0.2, 0.25) is 0 Å². The fourth-order valence-electron chi connectivity index (χ4n) is 7.28. The van der Waals surface area contributed by atoms with Crippen LogP contribution < -0.4 is 15.4 Å². The average molecular weight is 786 g/mol. The number of fused-ring (bicyclic) bond motifs is 3. The Morgan fingerprint density at radius 2 is 1.85 bits per heavy atom. The molecule has 0 radical (unpaired) electrons. The van der Waals surface area contributed by atoms with Gasteiger partial charge in [0.2, 0.25) is 16.9 Å². The van der Waals surface area contributed by atoms with Crippen molar-refractivity contribution in [2.24, 2.45) is 5.92 Å². The molecule has 15 nitrogen and oxygen atoms in total. The van der Waals surface area contributed by atoms with Crippen molar-refractivity contribution in [1.29, 1.82) is 0 Å². The summed E-state index contributed by atoms with van der Waals surface area (Å²) in [6.45, 7) is 8.18. The van der Waals surface area contributed by atoms with Crippen LogP contribution in [0.3, 0.4) is 0 Å². The van der Waals surface area contributed by atoms with Crippen molar-refractivity contribution in [1.82, 2.24) is 25.2 Å². The molecule has 1 saturated carbocycles. The van der Waals surface area contributed by atoms with Crippen molar-refractivity contribution in [2.75, 3.05) is 6.54 Å². The van der Waals surface area contributed by atoms with Crippen LogP contribution in [-0.4, -0.2) is 84.0 Å². The van der Waals surface area contributed by atoms with Gasteiger partial charge in [-0.05, 0) is 77.5 Å². The van der Waals surface area contributed by atoms with E-state index in [-0.39, 0.29) is 38.9 Å². The van der Waals surface area contributed by atoms with Gasteiger partial charge in [-0.1, -0.05) is 37.1 Å². The Balaban J connectivity index is 1.27. The smallest absolute Gasteiger partial charge is 0.410 e. The lowest BCUT2D eigenvalue weighted by atomic mass is 10.0. The predicted molar refractivity (Wildman–Crippen MR) is 194 cm³/mol. The highest BCUT2D eigenvalue weighted by Crippen LogP contribution is 2.46. The quantitative estimate of drug-likeness (QED) is 0.369. The summed E-state index contributed by atoms with van der Waals surface area (Å²) in [6.07, 6.45) is 3.81. The molecule has 5 atom stereocenters. The van der Waals surface area contributed by atoms with E-state index in [2.05, 4.69) is 15.4 Å². The minimum atomic E-state index is -4.46. The maximum absolute atomic E-state index is 14.5. The molecule has 0 bridgehead atoms. The van der Waals surface area contributed by atoms with Gasteiger partial charge in [0.15, 0.2) is 0 Å². The number of aryl methyl sites for hydroxylation is 2. The number of allylic oxidation sites excluding steroid dienone is 1. The normalized spacial score (nSPS) is 26.4. The number of carbonyl (C=O) groups is 5. The highest BCUT2D eigenvalue weighted by molar-refractivity contribution is 7.89. The monoisotopic (exact) mass is 785 g/mol. The first-order chi connectivity index (χ1) is 25.9. The zero-order valence-corrected chi connectivity index (χ0v) is 32.4. The molecular weight excluding hydrogens is 738 g/mol. The molecule has 3 aliphatic heterocycles. The third-order valence-electron chi connectivity index (χ3n) is 10.4. The Labute approximate surface area is 319 Å². The number of sulfonamides is 1. The first-order valence-electron chi connectivity index (χ1n) is 18.5. The molecular formula is C38H48FN5O10S. The zero-order valence-electron chi connectivity index (χ0n) is 31.6. The Morgan fingerprint density at radius 3 is 2.55 bits per heavy atom. The third kappa shape index (κ3) is 8.81. The van der Waals surface area contributed by atoms with Crippen LogP contribution in [0.5, 0.6) is 0 Å². The summed E-state index contributed by atoms with van der Waals surface area (Å²) < 4.78 is 59.6. The summed E-state index contributed by atoms with van der Waals surface area (Å²) in [6, 6.07) is 3.49. The van der Waals surface area contributed by atoms with Gasteiger partial charge in [0.1, 0.15) is 40.9 Å². The van der Waals surface area contributed by atoms with Crippen molar-refractivity contribution in [2.45, 2.75) is 127 Å². The van der Waals surface area contributed by atoms with Crippen molar-refractivity contribution >= 4 is 39.9 Å². The van der Waals surface area contributed by atoms with Gasteiger partial charge in [-0.25, -0.2) is 18.7 Å². The summed E-state index contributed by atoms with van der Waals surface area (Å²) in [5.41, 5.74) is -0.953. The Morgan fingerprint density at radius 1 is 1.09 bits per heavy atom. The number of furan rings is 1. The van der Waals surface area contributed by atoms with E-state index in [0.717, 1.165) is 6.42 Å². The molecule has 0 spiro atoms. The average Bonchev–Trinajstić information content (AvgIpc) is 3.39. The molecule has 1 saturated heterocycles. The Bertz CT molecular complexity index is 1990. The van der Waals surface area contributed by atoms with Crippen molar-refractivity contribution in [3.8, 4) is 0 Å². The van der Waals surface area contributed by atoms with E-state index in [4.69, 9.17) is 13.9 Å². The number of alkyl carbamates (subject to hydrolysis) is 1. The topological polar surface area (TPSA) is 194 Å². The third-order valence-corrected chi connectivity index (χ3v) is 11.6. The lowest BCUT2D eigenvalue weighted by Gasteiger charge is -2.30. The highest BCUT2D eigenvalue weighted by Gasteiger charge is 2.62. The number of halogens is 1. The summed E-state index contributed by atoms with van der Waals surface area (Å²) in [5.74, 6) is -3.02. The fourth-order valence-corrected chi connectivity index (χ4v) is 8.37. The molecule has 17 heteroatoms. The summed E-state index contributed by atoms with van der Waals surface area (Å²) >= 11 is 0. The molecule has 2 fully saturated rings. The molecule has 1 aromatic carbocycles. The van der Waals surface area contributed by atoms with E-state index in [9.17, 15) is 36.8 Å². The summed E-state index contributed by atoms with van der Waals surface area (Å²) in [4.78, 5) is 71.4. The Hall–Kier alpha value is -4.93. The number of benzene rings is 1. The fraction of sp³-hybridized carbons (Fsp3) is 0.553. The second-order valence-corrected chi connectivity index (χ2v) is 17.4. The molecule has 3 N–H and O–H groups in total. The van der Waals surface area contributed by atoms with Crippen LogP contribution in [-0.2, 0) is 47.0 Å². The number of hydrogen-bond donors (Lipinski definition) is 3. The van der Waals surface area contributed by atoms with Crippen molar-refractivity contribution in [3.63, 3.8) is 0 Å². The maximum Gasteiger partial charge on any atom is 0.410 e. The molecule has 1 aromatic heterocycles. The predicted octanol–water partition coefficient (Wildman–Crippen LogP) is 4.25. The minimum Gasteiger partial charge on any atom is -0.448 e. The Kier molecular flexibility index (Phi) is 11.1. The summed E-state index contributed by atoms with van der Waals surface area (Å²) in [7, 11) is -4.46. The molecule has 5 amide bonds. The van der Waals surface area contributed by atoms with Crippen LogP contribution in [0, 0.1) is 25.6 Å². The molecule has 0 unspecified atom stereocenters. The number of amides is 5. The number of nitrogens with zero attached hydrogens (tertiary/aromatic N) is 2. The van der Waals surface area contributed by atoms with E-state index in [0.29, 0.717) is 41.7 Å². The van der Waals surface area contributed by atoms with Crippen LogP contribution in [0.25, 0.3) is 0 Å². The SMILES string of the molecule is Cc1cc(S(=O)(=O)NC(=O)[C@@]23C[C@@H]2/C=C\CCCCC[C@H](NC(=O)OC(C)(C)C)C(=O)N2C[C@H](OC(=O)N4Cc5cccc(F)c5C4)C[C@H]2C(=O)N3)oc1C. The second-order valence-electron chi connectivity index (χ2n) is 15.8. The van der Waals surface area contributed by atoms with Gasteiger partial charge in [-0.3, -0.25) is 19.3 Å². The van der Waals surface area contributed by atoms with Crippen molar-refractivity contribution < 1.29 is 50.7 Å². The van der Waals surface area contributed by atoms with E-state index >= 15 is 0 Å². The number of hydrogen-bond acceptors (Lipinski definition) is 10. The maximum atomic E-state index is 14.5. The number of rotatable bonds is 5. The van der Waals surface area contributed by atoms with Gasteiger partial charge >= 0.3 is 12.2 Å². The van der Waals surface area contributed by atoms with Crippen LogP contribution in [0.4, 0.5) is 14.0 Å². The number of ether oxygens (including phenoxy) is 2. The van der Waals surface area contributed by atoms with Crippen LogP contribution in [0.15, 0.2) is 45.9 Å². The van der Waals surface area contributed by atoms with Gasteiger partial charge in [0, 0.05) is 30.5 Å². The largest absolute Gasteiger partial charge is 0.448 e. The van der Waals surface area contributed by atoms with Crippen LogP contribution in [0.1, 0.15) is 88.2 Å². The minimum absolute atomic E-state index is 0.0193. The molecule has 2 aromatic rings. The van der Waals surface area contributed by atoms with Gasteiger partial charge in [0.05, 0.1) is 13.1 Å². The lowest BCUT2D eigenvalue weighted by Crippen LogP contribution is -2.58. The molecule has 1 aliphatic carbocycles. The molecule has 4 heterocycles. The van der Waals surface area contributed by atoms with Gasteiger partial charge in [-0.2, -0.15) is 8.42 Å². The van der Waals surface area contributed by atoms with E-state index in [1.807, 2.05) is 6.08 Å². The van der Waals surface area contributed by atoms with Gasteiger partial charge < -0.3 is 29.4 Å².